The molecule has 1 fully saturated rings. The molecule has 7 heteroatoms. The van der Waals surface area contributed by atoms with Crippen LogP contribution in [0.1, 0.15) is 5.56 Å². The molecule has 0 spiro atoms. The first-order valence-electron chi connectivity index (χ1n) is 8.11. The second-order valence-electron chi connectivity index (χ2n) is 6.05. The van der Waals surface area contributed by atoms with Crippen molar-refractivity contribution in [2.24, 2.45) is 0 Å². The molecule has 2 N–H and O–H groups in total. The Morgan fingerprint density at radius 1 is 1.29 bits per heavy atom. The fourth-order valence-electron chi connectivity index (χ4n) is 2.66. The molecule has 24 heavy (non-hydrogen) atoms. The lowest BCUT2D eigenvalue weighted by molar-refractivity contribution is -0.133. The van der Waals surface area contributed by atoms with Gasteiger partial charge in [-0.3, -0.25) is 14.5 Å². The van der Waals surface area contributed by atoms with Gasteiger partial charge in [-0.15, -0.1) is 0 Å². The number of amides is 2. The molecule has 132 valence electrons. The van der Waals surface area contributed by atoms with Gasteiger partial charge in [0.05, 0.1) is 25.9 Å². The van der Waals surface area contributed by atoms with Gasteiger partial charge in [-0.25, -0.2) is 0 Å². The summed E-state index contributed by atoms with van der Waals surface area (Å²) >= 11 is 0. The summed E-state index contributed by atoms with van der Waals surface area (Å²) in [4.78, 5) is 28.0. The van der Waals surface area contributed by atoms with E-state index in [0.717, 1.165) is 31.7 Å². The minimum atomic E-state index is -0.172. The molecule has 1 aromatic carbocycles. The van der Waals surface area contributed by atoms with E-state index < -0.39 is 0 Å². The number of anilines is 1. The number of benzene rings is 1. The maximum Gasteiger partial charge on any atom is 0.238 e. The summed E-state index contributed by atoms with van der Waals surface area (Å²) in [7, 11) is 3.34. The van der Waals surface area contributed by atoms with Crippen LogP contribution in [0.25, 0.3) is 0 Å². The number of nitrogens with zero attached hydrogens (tertiary/aromatic N) is 2. The van der Waals surface area contributed by atoms with Crippen LogP contribution in [0.15, 0.2) is 18.2 Å². The average Bonchev–Trinajstić information content (AvgIpc) is 2.55. The molecule has 0 bridgehead atoms. The molecule has 2 amide bonds. The molecule has 1 aliphatic heterocycles. The molecule has 1 aliphatic rings. The average molecular weight is 334 g/mol. The lowest BCUT2D eigenvalue weighted by Crippen LogP contribution is -2.49. The molecule has 7 nitrogen and oxygen atoms in total. The van der Waals surface area contributed by atoms with Crippen molar-refractivity contribution in [1.82, 2.24) is 15.1 Å². The standard InChI is InChI=1S/C17H26N4O3/c1-13-4-5-15(24-3)14(10-13)19-16(22)11-20(2)12-17(23)21-8-6-18-7-9-21/h4-5,10,18H,6-9,11-12H2,1-3H3,(H,19,22). The van der Waals surface area contributed by atoms with E-state index in [4.69, 9.17) is 4.74 Å². The van der Waals surface area contributed by atoms with Crippen LogP contribution in [0.2, 0.25) is 0 Å². The van der Waals surface area contributed by atoms with Crippen molar-refractivity contribution < 1.29 is 14.3 Å². The van der Waals surface area contributed by atoms with Gasteiger partial charge >= 0.3 is 0 Å². The molecule has 0 aromatic heterocycles. The Labute approximate surface area is 142 Å². The maximum absolute atomic E-state index is 12.2. The van der Waals surface area contributed by atoms with Gasteiger partial charge in [-0.05, 0) is 31.7 Å². The van der Waals surface area contributed by atoms with Gasteiger partial charge in [0.25, 0.3) is 0 Å². The fourth-order valence-corrected chi connectivity index (χ4v) is 2.66. The normalized spacial score (nSPS) is 14.6. The summed E-state index contributed by atoms with van der Waals surface area (Å²) in [5.41, 5.74) is 1.68. The number of ether oxygens (including phenoxy) is 1. The topological polar surface area (TPSA) is 73.9 Å². The molecule has 1 heterocycles. The van der Waals surface area contributed by atoms with Crippen LogP contribution in [0.5, 0.6) is 5.75 Å². The highest BCUT2D eigenvalue weighted by atomic mass is 16.5. The third kappa shape index (κ3) is 5.21. The summed E-state index contributed by atoms with van der Waals surface area (Å²) < 4.78 is 5.26. The van der Waals surface area contributed by atoms with Crippen LogP contribution >= 0.6 is 0 Å². The van der Waals surface area contributed by atoms with E-state index in [1.807, 2.05) is 30.0 Å². The van der Waals surface area contributed by atoms with E-state index in [1.54, 1.807) is 19.1 Å². The molecule has 2 rings (SSSR count). The van der Waals surface area contributed by atoms with Crippen molar-refractivity contribution in [2.45, 2.75) is 6.92 Å². The fraction of sp³-hybridized carbons (Fsp3) is 0.529. The van der Waals surface area contributed by atoms with Crippen LogP contribution in [0, 0.1) is 6.92 Å². The highest BCUT2D eigenvalue weighted by Gasteiger charge is 2.19. The van der Waals surface area contributed by atoms with Crippen LogP contribution in [-0.4, -0.2) is 75.0 Å². The van der Waals surface area contributed by atoms with Crippen LogP contribution in [0.3, 0.4) is 0 Å². The summed E-state index contributed by atoms with van der Waals surface area (Å²) in [6.07, 6.45) is 0. The Kier molecular flexibility index (Phi) is 6.57. The minimum absolute atomic E-state index is 0.0555. The van der Waals surface area contributed by atoms with Crippen molar-refractivity contribution in [3.8, 4) is 5.75 Å². The number of hydrogen-bond acceptors (Lipinski definition) is 5. The quantitative estimate of drug-likeness (QED) is 0.783. The van der Waals surface area contributed by atoms with E-state index >= 15 is 0 Å². The third-order valence-corrected chi connectivity index (χ3v) is 3.92. The summed E-state index contributed by atoms with van der Waals surface area (Å²) in [5, 5.41) is 6.06. The zero-order valence-electron chi connectivity index (χ0n) is 14.6. The minimum Gasteiger partial charge on any atom is -0.495 e. The molecule has 0 unspecified atom stereocenters. The number of nitrogens with one attached hydrogen (secondary N) is 2. The number of aryl methyl sites for hydroxylation is 1. The number of methoxy groups -OCH3 is 1. The van der Waals surface area contributed by atoms with Gasteiger partial charge in [0.1, 0.15) is 5.75 Å². The second-order valence-corrected chi connectivity index (χ2v) is 6.05. The van der Waals surface area contributed by atoms with Crippen molar-refractivity contribution >= 4 is 17.5 Å². The van der Waals surface area contributed by atoms with Gasteiger partial charge in [-0.2, -0.15) is 0 Å². The lowest BCUT2D eigenvalue weighted by Gasteiger charge is -2.29. The molecule has 0 radical (unpaired) electrons. The predicted molar refractivity (Wildman–Crippen MR) is 93.3 cm³/mol. The lowest BCUT2D eigenvalue weighted by atomic mass is 10.2. The maximum atomic E-state index is 12.2. The van der Waals surface area contributed by atoms with E-state index in [2.05, 4.69) is 10.6 Å². The number of rotatable bonds is 6. The van der Waals surface area contributed by atoms with Gasteiger partial charge in [-0.1, -0.05) is 6.07 Å². The molecular weight excluding hydrogens is 308 g/mol. The van der Waals surface area contributed by atoms with Gasteiger partial charge in [0.15, 0.2) is 0 Å². The van der Waals surface area contributed by atoms with Gasteiger partial charge in [0.2, 0.25) is 11.8 Å². The Morgan fingerprint density at radius 3 is 2.67 bits per heavy atom. The van der Waals surface area contributed by atoms with Crippen molar-refractivity contribution in [2.75, 3.05) is 58.7 Å². The molecule has 1 aromatic rings. The molecule has 0 aliphatic carbocycles. The Morgan fingerprint density at radius 2 is 2.00 bits per heavy atom. The smallest absolute Gasteiger partial charge is 0.238 e. The summed E-state index contributed by atoms with van der Waals surface area (Å²) in [5.74, 6) is 0.503. The SMILES string of the molecule is COc1ccc(C)cc1NC(=O)CN(C)CC(=O)N1CCNCC1. The highest BCUT2D eigenvalue weighted by Crippen LogP contribution is 2.25. The Bertz CT molecular complexity index is 585. The number of carbonyl (C=O) groups excluding carboxylic acids is 2. The summed E-state index contributed by atoms with van der Waals surface area (Å²) in [6.45, 7) is 5.42. The zero-order chi connectivity index (χ0) is 17.5. The van der Waals surface area contributed by atoms with Crippen LogP contribution < -0.4 is 15.4 Å². The zero-order valence-corrected chi connectivity index (χ0v) is 14.6. The molecule has 1 saturated heterocycles. The highest BCUT2D eigenvalue weighted by molar-refractivity contribution is 5.94. The first-order chi connectivity index (χ1) is 11.5. The van der Waals surface area contributed by atoms with Gasteiger partial charge in [0, 0.05) is 26.2 Å². The molecule has 0 atom stereocenters. The number of likely N-dealkylation sites (N-methyl/N-ethyl adjacent to an activating group) is 1. The van der Waals surface area contributed by atoms with E-state index in [-0.39, 0.29) is 24.9 Å². The number of hydrogen-bond donors (Lipinski definition) is 2. The number of piperazine rings is 1. The second kappa shape index (κ2) is 8.65. The largest absolute Gasteiger partial charge is 0.495 e. The first kappa shape index (κ1) is 18.2. The van der Waals surface area contributed by atoms with Crippen LogP contribution in [0.4, 0.5) is 5.69 Å². The first-order valence-corrected chi connectivity index (χ1v) is 8.11. The van der Waals surface area contributed by atoms with Crippen molar-refractivity contribution in [1.29, 1.82) is 0 Å². The van der Waals surface area contributed by atoms with Crippen molar-refractivity contribution in [3.05, 3.63) is 23.8 Å². The van der Waals surface area contributed by atoms with E-state index in [1.165, 1.54) is 0 Å². The van der Waals surface area contributed by atoms with E-state index in [0.29, 0.717) is 11.4 Å². The van der Waals surface area contributed by atoms with Crippen molar-refractivity contribution in [3.63, 3.8) is 0 Å². The van der Waals surface area contributed by atoms with Crippen LogP contribution in [-0.2, 0) is 9.59 Å². The summed E-state index contributed by atoms with van der Waals surface area (Å²) in [6, 6.07) is 5.61. The predicted octanol–water partition coefficient (Wildman–Crippen LogP) is 0.306. The monoisotopic (exact) mass is 334 g/mol. The molecule has 0 saturated carbocycles. The molecular formula is C17H26N4O3. The van der Waals surface area contributed by atoms with Gasteiger partial charge < -0.3 is 20.3 Å². The number of carbonyl (C=O) groups is 2. The van der Waals surface area contributed by atoms with E-state index in [9.17, 15) is 9.59 Å². The Balaban J connectivity index is 1.85. The third-order valence-electron chi connectivity index (χ3n) is 3.92. The Hall–Kier alpha value is -2.12.